The van der Waals surface area contributed by atoms with Gasteiger partial charge in [-0.05, 0) is 55.2 Å². The van der Waals surface area contributed by atoms with Gasteiger partial charge in [-0.2, -0.15) is 0 Å². The molecule has 0 bridgehead atoms. The Morgan fingerprint density at radius 2 is 1.62 bits per heavy atom. The highest BCUT2D eigenvalue weighted by Gasteiger charge is 2.44. The maximum absolute atomic E-state index is 13.6. The third-order valence-electron chi connectivity index (χ3n) is 6.43. The number of urea groups is 1. The summed E-state index contributed by atoms with van der Waals surface area (Å²) in [6.45, 7) is 4.66. The largest absolute Gasteiger partial charge is 0.381 e. The minimum atomic E-state index is -0.713. The summed E-state index contributed by atoms with van der Waals surface area (Å²) in [5, 5.41) is 3.47. The zero-order valence-corrected chi connectivity index (χ0v) is 18.8. The van der Waals surface area contributed by atoms with Crippen LogP contribution in [-0.2, 0) is 14.9 Å². The van der Waals surface area contributed by atoms with Gasteiger partial charge in [0, 0.05) is 50.1 Å². The zero-order chi connectivity index (χ0) is 22.7. The van der Waals surface area contributed by atoms with E-state index in [1.165, 1.54) is 12.1 Å². The first-order chi connectivity index (χ1) is 15.4. The molecule has 0 spiro atoms. The Kier molecular flexibility index (Phi) is 6.67. The van der Waals surface area contributed by atoms with Gasteiger partial charge in [0.1, 0.15) is 5.82 Å². The Morgan fingerprint density at radius 1 is 1.00 bits per heavy atom. The summed E-state index contributed by atoms with van der Waals surface area (Å²) in [5.41, 5.74) is 1.69. The topological polar surface area (TPSA) is 61.9 Å². The smallest absolute Gasteiger partial charge is 0.321 e. The average Bonchev–Trinajstić information content (AvgIpc) is 2.82. The number of rotatable bonds is 3. The molecule has 8 heteroatoms. The van der Waals surface area contributed by atoms with Crippen molar-refractivity contribution in [2.24, 2.45) is 0 Å². The monoisotopic (exact) mass is 459 g/mol. The first-order valence-corrected chi connectivity index (χ1v) is 11.2. The first-order valence-electron chi connectivity index (χ1n) is 10.8. The molecule has 2 aliphatic rings. The third-order valence-corrected chi connectivity index (χ3v) is 6.84. The number of benzene rings is 2. The summed E-state index contributed by atoms with van der Waals surface area (Å²) in [7, 11) is 0. The van der Waals surface area contributed by atoms with Crippen molar-refractivity contribution in [2.75, 3.05) is 44.7 Å². The second-order valence-electron chi connectivity index (χ2n) is 8.37. The van der Waals surface area contributed by atoms with E-state index in [2.05, 4.69) is 5.32 Å². The molecule has 2 saturated heterocycles. The molecule has 0 aromatic heterocycles. The molecule has 0 atom stereocenters. The van der Waals surface area contributed by atoms with E-state index in [1.807, 2.05) is 24.0 Å². The van der Waals surface area contributed by atoms with Crippen molar-refractivity contribution in [1.29, 1.82) is 0 Å². The van der Waals surface area contributed by atoms with E-state index >= 15 is 0 Å². The van der Waals surface area contributed by atoms with Gasteiger partial charge in [0.25, 0.3) is 0 Å². The fourth-order valence-corrected chi connectivity index (χ4v) is 4.58. The van der Waals surface area contributed by atoms with Gasteiger partial charge >= 0.3 is 6.03 Å². The van der Waals surface area contributed by atoms with E-state index in [9.17, 15) is 14.0 Å². The van der Waals surface area contributed by atoms with E-state index in [1.54, 1.807) is 23.1 Å². The Balaban J connectivity index is 1.42. The molecule has 0 aliphatic carbocycles. The number of anilines is 1. The van der Waals surface area contributed by atoms with Crippen LogP contribution in [0.1, 0.15) is 24.0 Å². The minimum Gasteiger partial charge on any atom is -0.381 e. The number of nitrogens with one attached hydrogen (secondary N) is 1. The maximum Gasteiger partial charge on any atom is 0.321 e. The highest BCUT2D eigenvalue weighted by Crippen LogP contribution is 2.37. The summed E-state index contributed by atoms with van der Waals surface area (Å²) in [6.07, 6.45) is 1.12. The van der Waals surface area contributed by atoms with Gasteiger partial charge in [-0.3, -0.25) is 4.79 Å². The van der Waals surface area contributed by atoms with Gasteiger partial charge < -0.3 is 19.9 Å². The molecule has 0 unspecified atom stereocenters. The summed E-state index contributed by atoms with van der Waals surface area (Å²) >= 11 is 6.14. The van der Waals surface area contributed by atoms with Crippen molar-refractivity contribution in [1.82, 2.24) is 9.80 Å². The van der Waals surface area contributed by atoms with Crippen LogP contribution in [0.4, 0.5) is 14.9 Å². The van der Waals surface area contributed by atoms with Crippen LogP contribution in [0.3, 0.4) is 0 Å². The number of nitrogens with zero attached hydrogens (tertiary/aromatic N) is 2. The van der Waals surface area contributed by atoms with E-state index in [-0.39, 0.29) is 17.8 Å². The molecule has 2 aliphatic heterocycles. The van der Waals surface area contributed by atoms with Gasteiger partial charge in [0.05, 0.1) is 5.41 Å². The van der Waals surface area contributed by atoms with Crippen LogP contribution in [-0.4, -0.2) is 61.1 Å². The molecule has 2 aromatic rings. The Hall–Kier alpha value is -2.64. The summed E-state index contributed by atoms with van der Waals surface area (Å²) in [6, 6.07) is 11.4. The fraction of sp³-hybridized carbons (Fsp3) is 0.417. The lowest BCUT2D eigenvalue weighted by molar-refractivity contribution is -0.142. The second-order valence-corrected chi connectivity index (χ2v) is 8.78. The molecule has 4 rings (SSSR count). The predicted molar refractivity (Wildman–Crippen MR) is 121 cm³/mol. The number of carbonyl (C=O) groups excluding carboxylic acids is 2. The minimum absolute atomic E-state index is 0.0257. The van der Waals surface area contributed by atoms with Crippen molar-refractivity contribution in [2.45, 2.75) is 25.2 Å². The van der Waals surface area contributed by atoms with Crippen molar-refractivity contribution < 1.29 is 18.7 Å². The molecule has 0 saturated carbocycles. The molecular weight excluding hydrogens is 433 g/mol. The number of ether oxygens (including phenoxy) is 1. The van der Waals surface area contributed by atoms with Gasteiger partial charge in [-0.25, -0.2) is 9.18 Å². The zero-order valence-electron chi connectivity index (χ0n) is 18.1. The lowest BCUT2D eigenvalue weighted by Crippen LogP contribution is -2.57. The molecule has 1 N–H and O–H groups in total. The molecule has 32 heavy (non-hydrogen) atoms. The number of carbonyl (C=O) groups is 2. The SMILES string of the molecule is Cc1ccc(NC(=O)N2CCN(C(=O)C3(c4ccc(F)cc4)CCOCC3)CC2)cc1Cl. The third kappa shape index (κ3) is 4.59. The predicted octanol–water partition coefficient (Wildman–Crippen LogP) is 4.21. The normalized spacial score (nSPS) is 18.3. The van der Waals surface area contributed by atoms with Crippen LogP contribution < -0.4 is 5.32 Å². The lowest BCUT2D eigenvalue weighted by Gasteiger charge is -2.43. The molecule has 2 heterocycles. The summed E-state index contributed by atoms with van der Waals surface area (Å²) < 4.78 is 19.0. The lowest BCUT2D eigenvalue weighted by atomic mass is 9.73. The van der Waals surface area contributed by atoms with Gasteiger partial charge in [0.2, 0.25) is 5.91 Å². The van der Waals surface area contributed by atoms with Crippen LogP contribution in [0.25, 0.3) is 0 Å². The molecule has 6 nitrogen and oxygen atoms in total. The number of halogens is 2. The van der Waals surface area contributed by atoms with Gasteiger partial charge in [-0.1, -0.05) is 29.8 Å². The molecule has 2 aromatic carbocycles. The first kappa shape index (κ1) is 22.6. The van der Waals surface area contributed by atoms with Crippen molar-refractivity contribution in [3.05, 3.63) is 64.4 Å². The van der Waals surface area contributed by atoms with E-state index in [4.69, 9.17) is 16.3 Å². The molecule has 3 amide bonds. The number of hydrogen-bond acceptors (Lipinski definition) is 3. The Morgan fingerprint density at radius 3 is 2.25 bits per heavy atom. The van der Waals surface area contributed by atoms with Crippen LogP contribution in [0.5, 0.6) is 0 Å². The van der Waals surface area contributed by atoms with Crippen LogP contribution >= 0.6 is 11.6 Å². The van der Waals surface area contributed by atoms with Crippen molar-refractivity contribution in [3.63, 3.8) is 0 Å². The van der Waals surface area contributed by atoms with Crippen molar-refractivity contribution >= 4 is 29.2 Å². The molecular formula is C24H27ClFN3O3. The Labute approximate surface area is 192 Å². The van der Waals surface area contributed by atoms with Gasteiger partial charge in [0.15, 0.2) is 0 Å². The van der Waals surface area contributed by atoms with Crippen LogP contribution in [0.15, 0.2) is 42.5 Å². The standard InChI is InChI=1S/C24H27ClFN3O3/c1-17-2-7-20(16-21(17)25)27-23(31)29-12-10-28(11-13-29)22(30)24(8-14-32-15-9-24)18-3-5-19(26)6-4-18/h2-7,16H,8-15H2,1H3,(H,27,31). The highest BCUT2D eigenvalue weighted by molar-refractivity contribution is 6.31. The van der Waals surface area contributed by atoms with Crippen LogP contribution in [0.2, 0.25) is 5.02 Å². The fourth-order valence-electron chi connectivity index (χ4n) is 4.40. The summed E-state index contributed by atoms with van der Waals surface area (Å²) in [4.78, 5) is 29.8. The number of hydrogen-bond donors (Lipinski definition) is 1. The molecule has 170 valence electrons. The molecule has 2 fully saturated rings. The van der Waals surface area contributed by atoms with E-state index in [0.29, 0.717) is 62.9 Å². The molecule has 0 radical (unpaired) electrons. The van der Waals surface area contributed by atoms with Gasteiger partial charge in [-0.15, -0.1) is 0 Å². The van der Waals surface area contributed by atoms with Crippen molar-refractivity contribution in [3.8, 4) is 0 Å². The van der Waals surface area contributed by atoms with E-state index in [0.717, 1.165) is 11.1 Å². The Bertz CT molecular complexity index is 984. The quantitative estimate of drug-likeness (QED) is 0.747. The maximum atomic E-state index is 13.6. The van der Waals surface area contributed by atoms with Crippen LogP contribution in [0, 0.1) is 12.7 Å². The average molecular weight is 460 g/mol. The summed E-state index contributed by atoms with van der Waals surface area (Å²) in [5.74, 6) is -0.296. The highest BCUT2D eigenvalue weighted by atomic mass is 35.5. The van der Waals surface area contributed by atoms with E-state index < -0.39 is 5.41 Å². The number of aryl methyl sites for hydroxylation is 1. The number of amides is 3. The number of piperazine rings is 1. The second kappa shape index (κ2) is 9.46.